The highest BCUT2D eigenvalue weighted by Crippen LogP contribution is 2.28. The van der Waals surface area contributed by atoms with E-state index in [4.69, 9.17) is 14.7 Å². The first kappa shape index (κ1) is 26.2. The number of hydrazone groups is 1. The van der Waals surface area contributed by atoms with Gasteiger partial charge in [0.2, 0.25) is 5.95 Å². The number of nitrogens with one attached hydrogen (secondary N) is 2. The van der Waals surface area contributed by atoms with E-state index in [-0.39, 0.29) is 5.91 Å². The number of morpholine rings is 1. The van der Waals surface area contributed by atoms with E-state index < -0.39 is 0 Å². The van der Waals surface area contributed by atoms with Crippen molar-refractivity contribution in [3.8, 4) is 11.3 Å². The fraction of sp³-hybridized carbons (Fsp3) is 0.152. The third-order valence-corrected chi connectivity index (χ3v) is 6.92. The lowest BCUT2D eigenvalue weighted by molar-refractivity contribution is 0.0397. The van der Waals surface area contributed by atoms with Gasteiger partial charge in [-0.2, -0.15) is 5.10 Å². The SMILES string of the molecule is Cc1ccc(C=NN2CCOCC2)cc1NC(=O)c1ccc(Nc2nc(-c3ccccc3)c3ccccc3n2)cc1. The van der Waals surface area contributed by atoms with Gasteiger partial charge in [-0.3, -0.25) is 9.80 Å². The summed E-state index contributed by atoms with van der Waals surface area (Å²) in [5.74, 6) is 0.307. The fourth-order valence-corrected chi connectivity index (χ4v) is 4.65. The summed E-state index contributed by atoms with van der Waals surface area (Å²) in [7, 11) is 0. The number of carbonyl (C=O) groups excluding carboxylic acids is 1. The number of rotatable bonds is 7. The van der Waals surface area contributed by atoms with Gasteiger partial charge in [0.15, 0.2) is 0 Å². The van der Waals surface area contributed by atoms with E-state index in [1.54, 1.807) is 12.1 Å². The second-order valence-electron chi connectivity index (χ2n) is 9.82. The molecule has 204 valence electrons. The molecule has 1 aliphatic heterocycles. The summed E-state index contributed by atoms with van der Waals surface area (Å²) >= 11 is 0. The largest absolute Gasteiger partial charge is 0.378 e. The third kappa shape index (κ3) is 6.23. The fourth-order valence-electron chi connectivity index (χ4n) is 4.65. The standard InChI is InChI=1S/C33H30N6O2/c1-23-11-12-24(22-34-39-17-19-41-20-18-39)21-30(23)36-32(40)26-13-15-27(16-14-26)35-33-37-29-10-6-5-9-28(29)31(38-33)25-7-3-2-4-8-25/h2-16,21-22H,17-20H2,1H3,(H,36,40)(H,35,37,38). The number of aryl methyl sites for hydroxylation is 1. The van der Waals surface area contributed by atoms with Gasteiger partial charge in [0.25, 0.3) is 5.91 Å². The van der Waals surface area contributed by atoms with Gasteiger partial charge in [-0.15, -0.1) is 0 Å². The van der Waals surface area contributed by atoms with Crippen LogP contribution in [0, 0.1) is 6.92 Å². The molecule has 2 N–H and O–H groups in total. The van der Waals surface area contributed by atoms with Crippen LogP contribution in [0.3, 0.4) is 0 Å². The first-order valence-electron chi connectivity index (χ1n) is 13.6. The Bertz CT molecular complexity index is 1700. The van der Waals surface area contributed by atoms with Crippen LogP contribution in [-0.4, -0.2) is 53.4 Å². The molecule has 8 heteroatoms. The van der Waals surface area contributed by atoms with Gasteiger partial charge < -0.3 is 15.4 Å². The summed E-state index contributed by atoms with van der Waals surface area (Å²) in [6.45, 7) is 4.89. The maximum atomic E-state index is 13.1. The summed E-state index contributed by atoms with van der Waals surface area (Å²) < 4.78 is 5.37. The van der Waals surface area contributed by atoms with Crippen LogP contribution in [0.1, 0.15) is 21.5 Å². The van der Waals surface area contributed by atoms with Crippen LogP contribution in [0.2, 0.25) is 0 Å². The predicted molar refractivity (Wildman–Crippen MR) is 164 cm³/mol. The van der Waals surface area contributed by atoms with Crippen molar-refractivity contribution in [1.82, 2.24) is 15.0 Å². The molecule has 5 aromatic rings. The molecule has 1 aromatic heterocycles. The summed E-state index contributed by atoms with van der Waals surface area (Å²) in [5, 5.41) is 13.9. The molecule has 0 spiro atoms. The first-order valence-corrected chi connectivity index (χ1v) is 13.6. The number of amides is 1. The van der Waals surface area contributed by atoms with E-state index >= 15 is 0 Å². The van der Waals surface area contributed by atoms with E-state index in [9.17, 15) is 4.79 Å². The molecule has 1 aliphatic rings. The first-order chi connectivity index (χ1) is 20.1. The number of hydrogen-bond donors (Lipinski definition) is 2. The highest BCUT2D eigenvalue weighted by atomic mass is 16.5. The van der Waals surface area contributed by atoms with Crippen molar-refractivity contribution in [3.05, 3.63) is 114 Å². The molecule has 0 unspecified atom stereocenters. The minimum Gasteiger partial charge on any atom is -0.378 e. The van der Waals surface area contributed by atoms with Crippen LogP contribution in [0.15, 0.2) is 102 Å². The van der Waals surface area contributed by atoms with Crippen molar-refractivity contribution in [1.29, 1.82) is 0 Å². The molecular weight excluding hydrogens is 512 g/mol. The smallest absolute Gasteiger partial charge is 0.255 e. The minimum atomic E-state index is -0.185. The van der Waals surface area contributed by atoms with Crippen molar-refractivity contribution >= 4 is 40.3 Å². The summed E-state index contributed by atoms with van der Waals surface area (Å²) in [6, 6.07) is 31.2. The average molecular weight is 543 g/mol. The Labute approximate surface area is 238 Å². The van der Waals surface area contributed by atoms with E-state index in [2.05, 4.69) is 15.7 Å². The van der Waals surface area contributed by atoms with Crippen LogP contribution in [-0.2, 0) is 4.74 Å². The zero-order valence-electron chi connectivity index (χ0n) is 22.7. The number of aromatic nitrogens is 2. The molecule has 0 atom stereocenters. The molecule has 8 nitrogen and oxygen atoms in total. The minimum absolute atomic E-state index is 0.185. The number of benzene rings is 4. The molecule has 41 heavy (non-hydrogen) atoms. The topological polar surface area (TPSA) is 91.7 Å². The van der Waals surface area contributed by atoms with Crippen LogP contribution in [0.5, 0.6) is 0 Å². The Morgan fingerprint density at radius 1 is 0.902 bits per heavy atom. The van der Waals surface area contributed by atoms with E-state index in [1.165, 1.54) is 0 Å². The molecule has 2 heterocycles. The molecule has 0 saturated carbocycles. The molecule has 6 rings (SSSR count). The average Bonchev–Trinajstić information content (AvgIpc) is 3.02. The van der Waals surface area contributed by atoms with Crippen LogP contribution < -0.4 is 10.6 Å². The Morgan fingerprint density at radius 2 is 1.66 bits per heavy atom. The molecule has 0 radical (unpaired) electrons. The Hall–Kier alpha value is -5.08. The van der Waals surface area contributed by atoms with Crippen molar-refractivity contribution < 1.29 is 9.53 Å². The van der Waals surface area contributed by atoms with E-state index in [1.807, 2.05) is 103 Å². The van der Waals surface area contributed by atoms with Crippen LogP contribution in [0.4, 0.5) is 17.3 Å². The number of carbonyl (C=O) groups is 1. The lowest BCUT2D eigenvalue weighted by atomic mass is 10.1. The third-order valence-electron chi connectivity index (χ3n) is 6.92. The van der Waals surface area contributed by atoms with Gasteiger partial charge in [0.05, 0.1) is 43.7 Å². The van der Waals surface area contributed by atoms with Gasteiger partial charge >= 0.3 is 0 Å². The van der Waals surface area contributed by atoms with E-state index in [0.717, 1.165) is 57.8 Å². The van der Waals surface area contributed by atoms with Gasteiger partial charge in [-0.05, 0) is 54.4 Å². The van der Waals surface area contributed by atoms with Crippen LogP contribution in [0.25, 0.3) is 22.2 Å². The number of anilines is 3. The maximum absolute atomic E-state index is 13.1. The lowest BCUT2D eigenvalue weighted by Crippen LogP contribution is -2.32. The molecule has 1 saturated heterocycles. The number of ether oxygens (including phenoxy) is 1. The van der Waals surface area contributed by atoms with Crippen molar-refractivity contribution in [2.45, 2.75) is 6.92 Å². The molecule has 4 aromatic carbocycles. The van der Waals surface area contributed by atoms with Crippen molar-refractivity contribution in [2.75, 3.05) is 36.9 Å². The quantitative estimate of drug-likeness (QED) is 0.236. The maximum Gasteiger partial charge on any atom is 0.255 e. The predicted octanol–water partition coefficient (Wildman–Crippen LogP) is 6.27. The molecule has 1 amide bonds. The van der Waals surface area contributed by atoms with Crippen molar-refractivity contribution in [3.63, 3.8) is 0 Å². The van der Waals surface area contributed by atoms with Gasteiger partial charge in [0, 0.05) is 27.9 Å². The second kappa shape index (κ2) is 12.0. The summed E-state index contributed by atoms with van der Waals surface area (Å²) in [6.07, 6.45) is 1.82. The van der Waals surface area contributed by atoms with Gasteiger partial charge in [-0.25, -0.2) is 9.97 Å². The highest BCUT2D eigenvalue weighted by molar-refractivity contribution is 6.05. The number of nitrogens with zero attached hydrogens (tertiary/aromatic N) is 4. The monoisotopic (exact) mass is 542 g/mol. The Balaban J connectivity index is 1.16. The second-order valence-corrected chi connectivity index (χ2v) is 9.82. The molecular formula is C33H30N6O2. The lowest BCUT2D eigenvalue weighted by Gasteiger charge is -2.23. The molecule has 0 aliphatic carbocycles. The number of hydrogen-bond acceptors (Lipinski definition) is 7. The Kier molecular flexibility index (Phi) is 7.64. The molecule has 0 bridgehead atoms. The van der Waals surface area contributed by atoms with Gasteiger partial charge in [0.1, 0.15) is 0 Å². The van der Waals surface area contributed by atoms with E-state index in [0.29, 0.717) is 24.7 Å². The normalized spacial score (nSPS) is 13.4. The highest BCUT2D eigenvalue weighted by Gasteiger charge is 2.12. The summed E-state index contributed by atoms with van der Waals surface area (Å²) in [4.78, 5) is 22.6. The Morgan fingerprint density at radius 3 is 2.46 bits per heavy atom. The van der Waals surface area contributed by atoms with Crippen molar-refractivity contribution in [2.24, 2.45) is 5.10 Å². The van der Waals surface area contributed by atoms with Gasteiger partial charge in [-0.1, -0.05) is 60.7 Å². The zero-order valence-corrected chi connectivity index (χ0v) is 22.7. The number of para-hydroxylation sites is 1. The molecule has 1 fully saturated rings. The summed E-state index contributed by atoms with van der Waals surface area (Å²) in [5.41, 5.74) is 6.72. The zero-order chi connectivity index (χ0) is 28.0. The number of fused-ring (bicyclic) bond motifs is 1. The van der Waals surface area contributed by atoms with Crippen LogP contribution >= 0.6 is 0 Å².